The number of rotatable bonds is 5. The minimum Gasteiger partial charge on any atom is -0.486 e. The Balaban J connectivity index is 0.000000176. The van der Waals surface area contributed by atoms with Crippen molar-refractivity contribution in [2.24, 2.45) is 0 Å². The van der Waals surface area contributed by atoms with E-state index in [0.29, 0.717) is 13.2 Å². The van der Waals surface area contributed by atoms with Crippen molar-refractivity contribution in [3.05, 3.63) is 59.2 Å². The first-order valence-corrected chi connectivity index (χ1v) is 11.4. The molecule has 150 valence electrons. The van der Waals surface area contributed by atoms with Gasteiger partial charge < -0.3 is 14.4 Å². The molecule has 2 aromatic carbocycles. The summed E-state index contributed by atoms with van der Waals surface area (Å²) < 4.78 is 11.1. The van der Waals surface area contributed by atoms with Crippen molar-refractivity contribution in [1.29, 1.82) is 0 Å². The van der Waals surface area contributed by atoms with E-state index in [0.717, 1.165) is 39.6 Å². The molecule has 2 heterocycles. The Bertz CT molecular complexity index is 803. The highest BCUT2D eigenvalue weighted by Gasteiger charge is 2.11. The van der Waals surface area contributed by atoms with Gasteiger partial charge in [0, 0.05) is 6.54 Å². The maximum Gasteiger partial charge on any atom is 0.161 e. The largest absolute Gasteiger partial charge is 0.486 e. The van der Waals surface area contributed by atoms with E-state index in [1.54, 1.807) is 5.30 Å². The Morgan fingerprint density at radius 2 is 1.86 bits per heavy atom. The second kappa shape index (κ2) is 10.6. The zero-order valence-electron chi connectivity index (χ0n) is 17.3. The van der Waals surface area contributed by atoms with Gasteiger partial charge in [0.2, 0.25) is 0 Å². The van der Waals surface area contributed by atoms with Gasteiger partial charge in [0.15, 0.2) is 11.5 Å². The molecule has 0 fully saturated rings. The molecule has 1 unspecified atom stereocenters. The van der Waals surface area contributed by atoms with Gasteiger partial charge in [-0.15, -0.1) is 0 Å². The maximum atomic E-state index is 5.58. The first-order chi connectivity index (χ1) is 13.7. The first-order valence-electron chi connectivity index (χ1n) is 10.2. The van der Waals surface area contributed by atoms with Gasteiger partial charge in [0.25, 0.3) is 0 Å². The lowest BCUT2D eigenvalue weighted by Crippen LogP contribution is -2.22. The molecule has 2 aromatic rings. The molecule has 0 aromatic heterocycles. The number of benzene rings is 2. The van der Waals surface area contributed by atoms with Gasteiger partial charge in [-0.05, 0) is 73.6 Å². The standard InChI is InChI=1S/C14H21NO2.C10H11P/c1-3-7-15(2)8-6-12-4-5-13-14(11-12)17-10-9-16-13;1-8-4-2-5-9-6-3-7-11-10(8)9/h4-5,11H,3,6-10H2,1-2H3;2-6,11H,7H2,1H3. The van der Waals surface area contributed by atoms with Crippen LogP contribution in [-0.2, 0) is 6.42 Å². The molecule has 0 amide bonds. The van der Waals surface area contributed by atoms with Crippen molar-refractivity contribution in [1.82, 2.24) is 4.90 Å². The predicted molar refractivity (Wildman–Crippen MR) is 122 cm³/mol. The van der Waals surface area contributed by atoms with Gasteiger partial charge in [-0.2, -0.15) is 0 Å². The van der Waals surface area contributed by atoms with E-state index in [4.69, 9.17) is 9.47 Å². The van der Waals surface area contributed by atoms with E-state index in [2.05, 4.69) is 68.3 Å². The number of ether oxygens (including phenoxy) is 2. The molecule has 3 nitrogen and oxygen atoms in total. The minimum atomic E-state index is 0.658. The fraction of sp³-hybridized carbons (Fsp3) is 0.417. The summed E-state index contributed by atoms with van der Waals surface area (Å²) in [4.78, 5) is 2.36. The molecular weight excluding hydrogens is 365 g/mol. The molecule has 0 saturated carbocycles. The van der Waals surface area contributed by atoms with Gasteiger partial charge in [0.1, 0.15) is 13.2 Å². The van der Waals surface area contributed by atoms with Crippen molar-refractivity contribution >= 4 is 20.0 Å². The Hall–Kier alpha value is -1.83. The zero-order chi connectivity index (χ0) is 19.8. The van der Waals surface area contributed by atoms with Crippen molar-refractivity contribution in [2.75, 3.05) is 39.5 Å². The highest BCUT2D eigenvalue weighted by atomic mass is 31.1. The van der Waals surface area contributed by atoms with Crippen LogP contribution in [-0.4, -0.2) is 44.4 Å². The molecular formula is C24H32NO2P. The van der Waals surface area contributed by atoms with Crippen LogP contribution in [0.1, 0.15) is 30.0 Å². The molecule has 0 spiro atoms. The molecule has 0 radical (unpaired) electrons. The zero-order valence-corrected chi connectivity index (χ0v) is 18.3. The van der Waals surface area contributed by atoms with E-state index < -0.39 is 0 Å². The van der Waals surface area contributed by atoms with Crippen LogP contribution in [0.3, 0.4) is 0 Å². The number of aryl methyl sites for hydroxylation is 1. The monoisotopic (exact) mass is 397 g/mol. The SMILES string of the molecule is CCCN(C)CCc1ccc2c(c1)OCCO2.Cc1cccc2c1PCC=C2. The molecule has 0 saturated heterocycles. The Labute approximate surface area is 171 Å². The van der Waals surface area contributed by atoms with Crippen molar-refractivity contribution in [2.45, 2.75) is 26.7 Å². The molecule has 0 N–H and O–H groups in total. The highest BCUT2D eigenvalue weighted by molar-refractivity contribution is 7.47. The Kier molecular flexibility index (Phi) is 7.94. The fourth-order valence-corrected chi connectivity index (χ4v) is 4.65. The minimum absolute atomic E-state index is 0.658. The van der Waals surface area contributed by atoms with Crippen LogP contribution in [0.4, 0.5) is 0 Å². The van der Waals surface area contributed by atoms with E-state index >= 15 is 0 Å². The lowest BCUT2D eigenvalue weighted by Gasteiger charge is -2.20. The van der Waals surface area contributed by atoms with E-state index in [-0.39, 0.29) is 0 Å². The summed E-state index contributed by atoms with van der Waals surface area (Å²) in [5.74, 6) is 1.77. The van der Waals surface area contributed by atoms with Crippen molar-refractivity contribution in [3.8, 4) is 11.5 Å². The van der Waals surface area contributed by atoms with Gasteiger partial charge >= 0.3 is 0 Å². The first kappa shape index (κ1) is 20.9. The second-order valence-electron chi connectivity index (χ2n) is 7.35. The summed E-state index contributed by atoms with van der Waals surface area (Å²) in [6.45, 7) is 7.97. The highest BCUT2D eigenvalue weighted by Crippen LogP contribution is 2.30. The van der Waals surface area contributed by atoms with Crippen molar-refractivity contribution in [3.63, 3.8) is 0 Å². The van der Waals surface area contributed by atoms with E-state index in [1.165, 1.54) is 29.3 Å². The predicted octanol–water partition coefficient (Wildman–Crippen LogP) is 4.67. The summed E-state index contributed by atoms with van der Waals surface area (Å²) in [6.07, 6.45) is 8.00. The van der Waals surface area contributed by atoms with Crippen LogP contribution in [0.2, 0.25) is 0 Å². The summed E-state index contributed by atoms with van der Waals surface area (Å²) in [5, 5.41) is 1.56. The van der Waals surface area contributed by atoms with Crippen LogP contribution in [0.25, 0.3) is 6.08 Å². The third kappa shape index (κ3) is 5.83. The smallest absolute Gasteiger partial charge is 0.161 e. The topological polar surface area (TPSA) is 21.7 Å². The number of hydrogen-bond acceptors (Lipinski definition) is 3. The van der Waals surface area contributed by atoms with E-state index in [9.17, 15) is 0 Å². The quantitative estimate of drug-likeness (QED) is 0.685. The third-order valence-electron chi connectivity index (χ3n) is 4.99. The third-order valence-corrected chi connectivity index (χ3v) is 6.47. The van der Waals surface area contributed by atoms with Gasteiger partial charge in [-0.3, -0.25) is 0 Å². The van der Waals surface area contributed by atoms with Gasteiger partial charge in [-0.25, -0.2) is 0 Å². The van der Waals surface area contributed by atoms with Crippen LogP contribution < -0.4 is 14.8 Å². The fourth-order valence-electron chi connectivity index (χ4n) is 3.47. The van der Waals surface area contributed by atoms with Crippen LogP contribution in [0.5, 0.6) is 11.5 Å². The van der Waals surface area contributed by atoms with Gasteiger partial charge in [0.05, 0.1) is 0 Å². The molecule has 4 heteroatoms. The maximum absolute atomic E-state index is 5.58. The number of allylic oxidation sites excluding steroid dienone is 1. The second-order valence-corrected chi connectivity index (χ2v) is 8.62. The average Bonchev–Trinajstić information content (AvgIpc) is 2.73. The summed E-state index contributed by atoms with van der Waals surface area (Å²) in [6, 6.07) is 12.8. The molecule has 4 rings (SSSR count). The van der Waals surface area contributed by atoms with Crippen molar-refractivity contribution < 1.29 is 9.47 Å². The number of fused-ring (bicyclic) bond motifs is 2. The summed E-state index contributed by atoms with van der Waals surface area (Å²) >= 11 is 0. The lowest BCUT2D eigenvalue weighted by molar-refractivity contribution is 0.171. The molecule has 2 aliphatic rings. The number of hydrogen-bond donors (Lipinski definition) is 0. The normalized spacial score (nSPS) is 15.1. The van der Waals surface area contributed by atoms with Crippen LogP contribution >= 0.6 is 8.58 Å². The van der Waals surface area contributed by atoms with Crippen LogP contribution in [0.15, 0.2) is 42.5 Å². The average molecular weight is 397 g/mol. The summed E-state index contributed by atoms with van der Waals surface area (Å²) in [7, 11) is 3.15. The van der Waals surface area contributed by atoms with Gasteiger partial charge in [-0.1, -0.05) is 51.9 Å². The van der Waals surface area contributed by atoms with E-state index in [1.807, 2.05) is 6.07 Å². The van der Waals surface area contributed by atoms with Crippen LogP contribution in [0, 0.1) is 6.92 Å². The summed E-state index contributed by atoms with van der Waals surface area (Å²) in [5.41, 5.74) is 4.19. The number of likely N-dealkylation sites (N-methyl/N-ethyl adjacent to an activating group) is 1. The Morgan fingerprint density at radius 1 is 1.04 bits per heavy atom. The molecule has 0 aliphatic carbocycles. The molecule has 1 atom stereocenters. The lowest BCUT2D eigenvalue weighted by atomic mass is 10.1. The molecule has 2 aliphatic heterocycles. The number of nitrogens with zero attached hydrogens (tertiary/aromatic N) is 1. The Morgan fingerprint density at radius 3 is 2.64 bits per heavy atom. The molecule has 0 bridgehead atoms. The molecule has 28 heavy (non-hydrogen) atoms.